The van der Waals surface area contributed by atoms with E-state index in [-0.39, 0.29) is 6.61 Å². The van der Waals surface area contributed by atoms with Crippen molar-refractivity contribution in [1.29, 1.82) is 0 Å². The largest absolute Gasteiger partial charge is 0.454 e. The number of carbonyl (C=O) groups excluding carboxylic acids is 2. The van der Waals surface area contributed by atoms with E-state index in [0.717, 1.165) is 12.0 Å². The van der Waals surface area contributed by atoms with Crippen LogP contribution in [-0.4, -0.2) is 35.8 Å². The molecule has 132 valence electrons. The number of halogens is 1. The molecule has 1 aliphatic rings. The van der Waals surface area contributed by atoms with Crippen molar-refractivity contribution < 1.29 is 19.1 Å². The van der Waals surface area contributed by atoms with Gasteiger partial charge in [-0.25, -0.2) is 4.79 Å². The molecule has 0 saturated carbocycles. The smallest absolute Gasteiger partial charge is 0.335 e. The number of hydrogen-bond acceptors (Lipinski definition) is 5. The highest BCUT2D eigenvalue weighted by Gasteiger charge is 2.25. The minimum Gasteiger partial charge on any atom is -0.454 e. The second-order valence-electron chi connectivity index (χ2n) is 5.52. The van der Waals surface area contributed by atoms with Crippen LogP contribution in [0.4, 0.5) is 0 Å². The van der Waals surface area contributed by atoms with Gasteiger partial charge in [-0.2, -0.15) is 4.99 Å². The number of amides is 1. The van der Waals surface area contributed by atoms with Crippen LogP contribution < -0.4 is 4.80 Å². The fourth-order valence-corrected chi connectivity index (χ4v) is 3.39. The average molecular weight is 381 g/mol. The van der Waals surface area contributed by atoms with E-state index in [2.05, 4.69) is 4.99 Å². The molecule has 0 spiro atoms. The maximum absolute atomic E-state index is 12.0. The average Bonchev–Trinajstić information content (AvgIpc) is 3.27. The first kappa shape index (κ1) is 17.8. The van der Waals surface area contributed by atoms with Crippen LogP contribution in [0.15, 0.2) is 40.8 Å². The number of carbonyl (C=O) groups is 2. The van der Waals surface area contributed by atoms with Gasteiger partial charge in [0, 0.05) is 23.2 Å². The molecule has 1 aromatic carbocycles. The van der Waals surface area contributed by atoms with Crippen molar-refractivity contribution in [3.05, 3.63) is 51.2 Å². The predicted molar refractivity (Wildman–Crippen MR) is 93.4 cm³/mol. The molecule has 1 aliphatic heterocycles. The summed E-state index contributed by atoms with van der Waals surface area (Å²) in [4.78, 5) is 28.3. The van der Waals surface area contributed by atoms with Gasteiger partial charge in [0.15, 0.2) is 17.5 Å². The molecule has 0 N–H and O–H groups in total. The number of rotatable bonds is 5. The Hall–Kier alpha value is -1.96. The van der Waals surface area contributed by atoms with Gasteiger partial charge in [0.25, 0.3) is 5.91 Å². The summed E-state index contributed by atoms with van der Waals surface area (Å²) in [6.45, 7) is 0.670. The maximum Gasteiger partial charge on any atom is 0.335 e. The van der Waals surface area contributed by atoms with Gasteiger partial charge in [-0.05, 0) is 24.5 Å². The zero-order valence-electron chi connectivity index (χ0n) is 13.4. The molecule has 1 fully saturated rings. The van der Waals surface area contributed by atoms with Crippen LogP contribution in [0.3, 0.4) is 0 Å². The molecule has 8 heteroatoms. The Morgan fingerprint density at radius 2 is 2.24 bits per heavy atom. The number of benzene rings is 1. The zero-order valence-corrected chi connectivity index (χ0v) is 15.0. The Morgan fingerprint density at radius 1 is 1.40 bits per heavy atom. The highest BCUT2D eigenvalue weighted by Crippen LogP contribution is 2.16. The third kappa shape index (κ3) is 4.78. The van der Waals surface area contributed by atoms with Crippen LogP contribution in [0, 0.1) is 0 Å². The van der Waals surface area contributed by atoms with Crippen molar-refractivity contribution in [2.45, 2.75) is 25.5 Å². The van der Waals surface area contributed by atoms with Gasteiger partial charge in [0.05, 0.1) is 6.54 Å². The van der Waals surface area contributed by atoms with Crippen LogP contribution >= 0.6 is 22.9 Å². The van der Waals surface area contributed by atoms with Gasteiger partial charge in [0.1, 0.15) is 0 Å². The molecular weight excluding hydrogens is 364 g/mol. The van der Waals surface area contributed by atoms with Crippen molar-refractivity contribution in [2.24, 2.45) is 4.99 Å². The third-order valence-corrected chi connectivity index (χ3v) is 4.87. The first-order valence-corrected chi connectivity index (χ1v) is 9.12. The molecule has 6 nitrogen and oxygen atoms in total. The number of hydrogen-bond donors (Lipinski definition) is 0. The molecule has 1 amide bonds. The van der Waals surface area contributed by atoms with Crippen molar-refractivity contribution in [2.75, 3.05) is 13.2 Å². The maximum atomic E-state index is 12.0. The van der Waals surface area contributed by atoms with Crippen molar-refractivity contribution in [1.82, 2.24) is 4.57 Å². The van der Waals surface area contributed by atoms with Crippen molar-refractivity contribution in [3.8, 4) is 0 Å². The molecule has 1 atom stereocenters. The molecule has 1 saturated heterocycles. The molecule has 0 radical (unpaired) electrons. The highest BCUT2D eigenvalue weighted by atomic mass is 35.5. The lowest BCUT2D eigenvalue weighted by Crippen LogP contribution is -2.25. The second kappa shape index (κ2) is 8.42. The second-order valence-corrected chi connectivity index (χ2v) is 6.80. The van der Waals surface area contributed by atoms with E-state index < -0.39 is 18.0 Å². The Kier molecular flexibility index (Phi) is 6.01. The fraction of sp³-hybridized carbons (Fsp3) is 0.353. The Bertz CT molecular complexity index is 824. The van der Waals surface area contributed by atoms with Crippen LogP contribution in [-0.2, 0) is 25.6 Å². The molecule has 3 rings (SSSR count). The predicted octanol–water partition coefficient (Wildman–Crippen LogP) is 2.40. The van der Waals surface area contributed by atoms with E-state index in [1.807, 2.05) is 40.4 Å². The van der Waals surface area contributed by atoms with Gasteiger partial charge in [0.2, 0.25) is 0 Å². The number of aromatic nitrogens is 1. The summed E-state index contributed by atoms with van der Waals surface area (Å²) in [6.07, 6.45) is 2.74. The number of esters is 1. The lowest BCUT2D eigenvalue weighted by Gasteiger charge is -2.08. The minimum absolute atomic E-state index is 0.386. The highest BCUT2D eigenvalue weighted by molar-refractivity contribution is 7.07. The number of ether oxygens (including phenoxy) is 2. The lowest BCUT2D eigenvalue weighted by atomic mass is 10.2. The topological polar surface area (TPSA) is 69.9 Å². The van der Waals surface area contributed by atoms with Crippen molar-refractivity contribution in [3.63, 3.8) is 0 Å². The van der Waals surface area contributed by atoms with E-state index >= 15 is 0 Å². The molecule has 2 heterocycles. The van der Waals surface area contributed by atoms with E-state index in [1.165, 1.54) is 11.3 Å². The number of nitrogens with zero attached hydrogens (tertiary/aromatic N) is 2. The van der Waals surface area contributed by atoms with E-state index in [1.54, 1.807) is 0 Å². The van der Waals surface area contributed by atoms with Crippen molar-refractivity contribution >= 4 is 34.8 Å². The summed E-state index contributed by atoms with van der Waals surface area (Å²) in [5.74, 6) is -1.02. The van der Waals surface area contributed by atoms with Crippen LogP contribution in [0.1, 0.15) is 18.4 Å². The molecule has 0 unspecified atom stereocenters. The van der Waals surface area contributed by atoms with Crippen LogP contribution in [0.25, 0.3) is 0 Å². The van der Waals surface area contributed by atoms with Gasteiger partial charge in [-0.15, -0.1) is 11.3 Å². The summed E-state index contributed by atoms with van der Waals surface area (Å²) in [7, 11) is 0. The van der Waals surface area contributed by atoms with E-state index in [0.29, 0.717) is 29.4 Å². The molecule has 25 heavy (non-hydrogen) atoms. The normalized spacial score (nSPS) is 17.6. The summed E-state index contributed by atoms with van der Waals surface area (Å²) in [5, 5.41) is 2.49. The molecule has 1 aromatic heterocycles. The molecule has 2 aromatic rings. The minimum atomic E-state index is -0.556. The lowest BCUT2D eigenvalue weighted by molar-refractivity contribution is -0.156. The fourth-order valence-electron chi connectivity index (χ4n) is 2.45. The van der Waals surface area contributed by atoms with Gasteiger partial charge >= 0.3 is 5.97 Å². The molecule has 0 bridgehead atoms. The van der Waals surface area contributed by atoms with E-state index in [4.69, 9.17) is 21.1 Å². The van der Waals surface area contributed by atoms with Gasteiger partial charge < -0.3 is 14.0 Å². The Balaban J connectivity index is 1.63. The summed E-state index contributed by atoms with van der Waals surface area (Å²) >= 11 is 7.50. The first-order valence-electron chi connectivity index (χ1n) is 7.86. The number of thiazole rings is 1. The SMILES string of the molecule is O=C(COC(=O)[C@@H]1CCCO1)N=c1sccn1Cc1ccccc1Cl. The standard InChI is InChI=1S/C17H17ClN2O4S/c18-13-5-2-1-4-12(13)10-20-7-9-25-17(20)19-15(21)11-24-16(22)14-6-3-8-23-14/h1-2,4-5,7,9,14H,3,6,8,10-11H2/t14-/m0/s1. The molecular formula is C17H17ClN2O4S. The van der Waals surface area contributed by atoms with E-state index in [9.17, 15) is 9.59 Å². The zero-order chi connectivity index (χ0) is 17.6. The summed E-state index contributed by atoms with van der Waals surface area (Å²) < 4.78 is 12.0. The quantitative estimate of drug-likeness (QED) is 0.747. The Labute approximate surface area is 153 Å². The third-order valence-electron chi connectivity index (χ3n) is 3.71. The monoisotopic (exact) mass is 380 g/mol. The van der Waals surface area contributed by atoms with Gasteiger partial charge in [-0.1, -0.05) is 29.8 Å². The first-order chi connectivity index (χ1) is 12.1. The van der Waals surface area contributed by atoms with Crippen LogP contribution in [0.2, 0.25) is 5.02 Å². The Morgan fingerprint density at radius 3 is 3.00 bits per heavy atom. The molecule has 0 aliphatic carbocycles. The van der Waals surface area contributed by atoms with Crippen LogP contribution in [0.5, 0.6) is 0 Å². The summed E-state index contributed by atoms with van der Waals surface area (Å²) in [6, 6.07) is 7.50. The summed E-state index contributed by atoms with van der Waals surface area (Å²) in [5.41, 5.74) is 0.932. The van der Waals surface area contributed by atoms with Gasteiger partial charge in [-0.3, -0.25) is 4.79 Å².